The lowest BCUT2D eigenvalue weighted by molar-refractivity contribution is 0.0735. The zero-order chi connectivity index (χ0) is 20.4. The minimum atomic E-state index is -3.77. The summed E-state index contributed by atoms with van der Waals surface area (Å²) >= 11 is 1.72. The molecule has 0 N–H and O–H groups in total. The van der Waals surface area contributed by atoms with Gasteiger partial charge in [0.05, 0.1) is 10.6 Å². The quantitative estimate of drug-likeness (QED) is 0.616. The number of carbonyl (C=O) groups excluding carboxylic acids is 1. The van der Waals surface area contributed by atoms with Crippen LogP contribution in [0.3, 0.4) is 0 Å². The summed E-state index contributed by atoms with van der Waals surface area (Å²) in [6.45, 7) is 3.32. The van der Waals surface area contributed by atoms with Crippen molar-refractivity contribution in [2.24, 2.45) is 0 Å². The van der Waals surface area contributed by atoms with Crippen LogP contribution in [0.2, 0.25) is 0 Å². The Bertz CT molecular complexity index is 1120. The molecular weight excluding hydrogens is 404 g/mol. The fourth-order valence-corrected chi connectivity index (χ4v) is 6.02. The Labute approximate surface area is 175 Å². The van der Waals surface area contributed by atoms with Crippen molar-refractivity contribution in [2.75, 3.05) is 17.4 Å². The molecule has 1 aliphatic heterocycles. The van der Waals surface area contributed by atoms with Gasteiger partial charge in [-0.2, -0.15) is 0 Å². The van der Waals surface area contributed by atoms with Crippen molar-refractivity contribution in [2.45, 2.75) is 24.8 Å². The van der Waals surface area contributed by atoms with E-state index in [1.165, 1.54) is 20.8 Å². The topological polar surface area (TPSA) is 57.7 Å². The van der Waals surface area contributed by atoms with Gasteiger partial charge in [0, 0.05) is 30.1 Å². The lowest BCUT2D eigenvalue weighted by Gasteiger charge is -2.27. The van der Waals surface area contributed by atoms with E-state index in [9.17, 15) is 13.2 Å². The lowest BCUT2D eigenvalue weighted by atomic mass is 10.1. The predicted molar refractivity (Wildman–Crippen MR) is 116 cm³/mol. The fourth-order valence-electron chi connectivity index (χ4n) is 3.61. The first-order valence-corrected chi connectivity index (χ1v) is 11.8. The molecule has 7 heteroatoms. The van der Waals surface area contributed by atoms with E-state index in [0.29, 0.717) is 30.9 Å². The van der Waals surface area contributed by atoms with Gasteiger partial charge in [0.2, 0.25) is 0 Å². The van der Waals surface area contributed by atoms with Crippen LogP contribution < -0.4 is 4.31 Å². The van der Waals surface area contributed by atoms with Crippen molar-refractivity contribution in [1.29, 1.82) is 0 Å². The molecule has 1 aliphatic rings. The Hall–Kier alpha value is -2.64. The second kappa shape index (κ2) is 8.00. The van der Waals surface area contributed by atoms with E-state index in [1.54, 1.807) is 53.5 Å². The highest BCUT2D eigenvalue weighted by Gasteiger charge is 2.26. The highest BCUT2D eigenvalue weighted by Crippen LogP contribution is 2.27. The maximum Gasteiger partial charge on any atom is 0.264 e. The first-order valence-electron chi connectivity index (χ1n) is 9.53. The van der Waals surface area contributed by atoms with E-state index in [1.807, 2.05) is 18.2 Å². The van der Waals surface area contributed by atoms with Gasteiger partial charge in [0.1, 0.15) is 0 Å². The number of amides is 1. The Morgan fingerprint density at radius 3 is 2.66 bits per heavy atom. The zero-order valence-corrected chi connectivity index (χ0v) is 17.7. The molecule has 0 spiro atoms. The van der Waals surface area contributed by atoms with Gasteiger partial charge in [-0.25, -0.2) is 8.42 Å². The van der Waals surface area contributed by atoms with Crippen molar-refractivity contribution >= 4 is 33.0 Å². The van der Waals surface area contributed by atoms with Gasteiger partial charge < -0.3 is 4.90 Å². The van der Waals surface area contributed by atoms with Crippen LogP contribution in [0.25, 0.3) is 0 Å². The van der Waals surface area contributed by atoms with Crippen LogP contribution in [0.4, 0.5) is 5.69 Å². The minimum Gasteiger partial charge on any atom is -0.334 e. The number of anilines is 1. The van der Waals surface area contributed by atoms with E-state index >= 15 is 0 Å². The average molecular weight is 427 g/mol. The van der Waals surface area contributed by atoms with Crippen LogP contribution in [0.1, 0.15) is 27.7 Å². The van der Waals surface area contributed by atoms with Crippen molar-refractivity contribution in [1.82, 2.24) is 4.90 Å². The summed E-state index contributed by atoms with van der Waals surface area (Å²) in [7, 11) is -3.77. The third kappa shape index (κ3) is 3.80. The third-order valence-corrected chi connectivity index (χ3v) is 8.02. The fraction of sp³-hybridized carbons (Fsp3) is 0.227. The Morgan fingerprint density at radius 1 is 1.10 bits per heavy atom. The Kier molecular flexibility index (Phi) is 5.43. The van der Waals surface area contributed by atoms with E-state index in [0.717, 1.165) is 6.42 Å². The van der Waals surface area contributed by atoms with Gasteiger partial charge in [-0.3, -0.25) is 9.10 Å². The van der Waals surface area contributed by atoms with E-state index in [-0.39, 0.29) is 10.8 Å². The third-order valence-electron chi connectivity index (χ3n) is 5.10. The molecule has 2 heterocycles. The molecular formula is C22H22N2O3S2. The molecule has 2 aromatic carbocycles. The van der Waals surface area contributed by atoms with Gasteiger partial charge in [-0.15, -0.1) is 11.3 Å². The molecule has 0 unspecified atom stereocenters. The molecule has 1 aromatic heterocycles. The second-order valence-corrected chi connectivity index (χ2v) is 9.74. The molecule has 3 aromatic rings. The van der Waals surface area contributed by atoms with Crippen LogP contribution in [-0.4, -0.2) is 32.3 Å². The number of para-hydroxylation sites is 1. The second-order valence-electron chi connectivity index (χ2n) is 6.88. The minimum absolute atomic E-state index is 0.127. The molecule has 0 aliphatic carbocycles. The van der Waals surface area contributed by atoms with Crippen LogP contribution in [0.15, 0.2) is 70.9 Å². The van der Waals surface area contributed by atoms with E-state index in [4.69, 9.17) is 0 Å². The van der Waals surface area contributed by atoms with Gasteiger partial charge in [-0.1, -0.05) is 24.3 Å². The summed E-state index contributed by atoms with van der Waals surface area (Å²) < 4.78 is 27.8. The number of fused-ring (bicyclic) bond motifs is 1. The zero-order valence-electron chi connectivity index (χ0n) is 16.1. The van der Waals surface area contributed by atoms with Crippen molar-refractivity contribution in [3.8, 4) is 0 Å². The summed E-state index contributed by atoms with van der Waals surface area (Å²) in [6.07, 6.45) is 0.842. The number of nitrogens with zero attached hydrogens (tertiary/aromatic N) is 2. The first-order chi connectivity index (χ1) is 14.0. The molecule has 0 atom stereocenters. The van der Waals surface area contributed by atoms with Gasteiger partial charge in [0.25, 0.3) is 15.9 Å². The van der Waals surface area contributed by atoms with Crippen molar-refractivity contribution in [3.05, 3.63) is 82.0 Å². The lowest BCUT2D eigenvalue weighted by Crippen LogP contribution is -2.35. The van der Waals surface area contributed by atoms with Crippen LogP contribution in [0.5, 0.6) is 0 Å². The summed E-state index contributed by atoms with van der Waals surface area (Å²) in [6, 6.07) is 17.4. The van der Waals surface area contributed by atoms with Gasteiger partial charge in [0.15, 0.2) is 0 Å². The number of benzene rings is 2. The average Bonchev–Trinajstić information content (AvgIpc) is 3.22. The largest absolute Gasteiger partial charge is 0.334 e. The molecule has 4 rings (SSSR count). The summed E-state index contributed by atoms with van der Waals surface area (Å²) in [5.41, 5.74) is 2.18. The summed E-state index contributed by atoms with van der Waals surface area (Å²) in [4.78, 5) is 16.3. The molecule has 0 radical (unpaired) electrons. The molecule has 0 bridgehead atoms. The normalized spacial score (nSPS) is 13.8. The molecule has 0 fully saturated rings. The van der Waals surface area contributed by atoms with Crippen molar-refractivity contribution in [3.63, 3.8) is 0 Å². The number of hydrogen-bond donors (Lipinski definition) is 0. The standard InChI is InChI=1S/C22H22N2O3S2/c1-2-24(19-8-4-3-5-9-19)29(26,27)20-10-6-7-17(15-20)22(25)23-13-11-21-18(16-23)12-14-28-21/h3-10,12,14-15H,2,11,13,16H2,1H3. The number of thiophene rings is 1. The molecule has 150 valence electrons. The molecule has 29 heavy (non-hydrogen) atoms. The maximum atomic E-state index is 13.2. The van der Waals surface area contributed by atoms with E-state index < -0.39 is 10.0 Å². The smallest absolute Gasteiger partial charge is 0.264 e. The van der Waals surface area contributed by atoms with Gasteiger partial charge >= 0.3 is 0 Å². The van der Waals surface area contributed by atoms with Crippen LogP contribution in [-0.2, 0) is 23.0 Å². The number of hydrogen-bond acceptors (Lipinski definition) is 4. The monoisotopic (exact) mass is 426 g/mol. The molecule has 1 amide bonds. The Balaban J connectivity index is 1.62. The highest BCUT2D eigenvalue weighted by molar-refractivity contribution is 7.92. The summed E-state index contributed by atoms with van der Waals surface area (Å²) in [5.74, 6) is -0.137. The number of carbonyl (C=O) groups is 1. The van der Waals surface area contributed by atoms with E-state index in [2.05, 4.69) is 11.4 Å². The molecule has 0 saturated carbocycles. The van der Waals surface area contributed by atoms with Crippen molar-refractivity contribution < 1.29 is 13.2 Å². The SMILES string of the molecule is CCN(c1ccccc1)S(=O)(=O)c1cccc(C(=O)N2CCc3sccc3C2)c1. The number of rotatable bonds is 5. The maximum absolute atomic E-state index is 13.2. The summed E-state index contributed by atoms with van der Waals surface area (Å²) in [5, 5.41) is 2.05. The Morgan fingerprint density at radius 2 is 1.90 bits per heavy atom. The highest BCUT2D eigenvalue weighted by atomic mass is 32.2. The van der Waals surface area contributed by atoms with Crippen LogP contribution >= 0.6 is 11.3 Å². The predicted octanol–water partition coefficient (Wildman–Crippen LogP) is 4.16. The van der Waals surface area contributed by atoms with Crippen LogP contribution in [0, 0.1) is 0 Å². The number of sulfonamides is 1. The molecule has 5 nitrogen and oxygen atoms in total. The molecule has 0 saturated heterocycles. The van der Waals surface area contributed by atoms with Gasteiger partial charge in [-0.05, 0) is 60.7 Å². The first kappa shape index (κ1) is 19.7.